The Labute approximate surface area is 176 Å². The minimum absolute atomic E-state index is 0.00416. The zero-order chi connectivity index (χ0) is 20.9. The molecular formula is C23H30N4O3. The van der Waals surface area contributed by atoms with Crippen molar-refractivity contribution >= 4 is 17.7 Å². The van der Waals surface area contributed by atoms with Crippen molar-refractivity contribution in [2.45, 2.75) is 69.6 Å². The van der Waals surface area contributed by atoms with Crippen LogP contribution in [0.4, 0.5) is 0 Å². The molecule has 0 radical (unpaired) electrons. The third kappa shape index (κ3) is 3.15. The molecule has 2 unspecified atom stereocenters. The summed E-state index contributed by atoms with van der Waals surface area (Å²) in [6.45, 7) is 1.74. The van der Waals surface area contributed by atoms with E-state index in [1.54, 1.807) is 4.90 Å². The maximum Gasteiger partial charge on any atom is 0.255 e. The van der Waals surface area contributed by atoms with Crippen molar-refractivity contribution in [2.24, 2.45) is 17.6 Å². The SMILES string of the molecule is NCC1(NCc2cccc3c2CN(C2CCC(=O)NC2=O)C3=O)CC2CCC1CC2. The van der Waals surface area contributed by atoms with Crippen LogP contribution < -0.4 is 16.4 Å². The average Bonchev–Trinajstić information content (AvgIpc) is 3.10. The minimum atomic E-state index is -0.576. The van der Waals surface area contributed by atoms with Crippen LogP contribution in [0.25, 0.3) is 0 Å². The van der Waals surface area contributed by atoms with E-state index in [0.29, 0.717) is 37.5 Å². The van der Waals surface area contributed by atoms with Gasteiger partial charge in [-0.2, -0.15) is 0 Å². The first-order chi connectivity index (χ1) is 14.5. The lowest BCUT2D eigenvalue weighted by atomic mass is 9.60. The highest BCUT2D eigenvalue weighted by molar-refractivity contribution is 6.05. The van der Waals surface area contributed by atoms with E-state index in [2.05, 4.69) is 16.7 Å². The number of amides is 3. The number of carbonyl (C=O) groups excluding carboxylic acids is 3. The Kier molecular flexibility index (Phi) is 4.90. The van der Waals surface area contributed by atoms with Gasteiger partial charge in [0.15, 0.2) is 0 Å². The number of fused-ring (bicyclic) bond motifs is 4. The quantitative estimate of drug-likeness (QED) is 0.637. The van der Waals surface area contributed by atoms with Crippen molar-refractivity contribution in [2.75, 3.05) is 6.54 Å². The predicted octanol–water partition coefficient (Wildman–Crippen LogP) is 1.44. The molecule has 2 heterocycles. The largest absolute Gasteiger partial charge is 0.329 e. The Morgan fingerprint density at radius 2 is 1.93 bits per heavy atom. The summed E-state index contributed by atoms with van der Waals surface area (Å²) in [5.41, 5.74) is 9.04. The maximum absolute atomic E-state index is 13.0. The number of hydrogen-bond acceptors (Lipinski definition) is 5. The number of nitrogens with two attached hydrogens (primary N) is 1. The summed E-state index contributed by atoms with van der Waals surface area (Å²) < 4.78 is 0. The number of hydrogen-bond donors (Lipinski definition) is 3. The first-order valence-electron chi connectivity index (χ1n) is 11.2. The van der Waals surface area contributed by atoms with E-state index in [0.717, 1.165) is 23.5 Å². The van der Waals surface area contributed by atoms with Crippen molar-refractivity contribution in [3.63, 3.8) is 0 Å². The molecule has 0 spiro atoms. The van der Waals surface area contributed by atoms with E-state index in [1.807, 2.05) is 12.1 Å². The molecule has 2 bridgehead atoms. The molecule has 0 aromatic heterocycles. The smallest absolute Gasteiger partial charge is 0.255 e. The molecule has 1 aromatic rings. The van der Waals surface area contributed by atoms with Gasteiger partial charge in [0.25, 0.3) is 5.91 Å². The summed E-state index contributed by atoms with van der Waals surface area (Å²) in [5.74, 6) is 0.654. The molecule has 160 valence electrons. The number of benzene rings is 1. The van der Waals surface area contributed by atoms with Gasteiger partial charge >= 0.3 is 0 Å². The highest BCUT2D eigenvalue weighted by Crippen LogP contribution is 2.47. The van der Waals surface area contributed by atoms with Crippen LogP contribution in [0.3, 0.4) is 0 Å². The van der Waals surface area contributed by atoms with E-state index >= 15 is 0 Å². The number of nitrogens with zero attached hydrogens (tertiary/aromatic N) is 1. The molecular weight excluding hydrogens is 380 g/mol. The standard InChI is InChI=1S/C23H30N4O3/c24-13-23(10-14-4-6-16(23)7-5-14)25-11-15-2-1-3-17-18(15)12-27(22(17)30)19-8-9-20(28)26-21(19)29/h1-3,14,16,19,25H,4-13,24H2,(H,26,28,29). The van der Waals surface area contributed by atoms with Crippen LogP contribution in [0.2, 0.25) is 0 Å². The maximum atomic E-state index is 13.0. The first kappa shape index (κ1) is 19.7. The molecule has 4 fully saturated rings. The van der Waals surface area contributed by atoms with Gasteiger partial charge in [-0.25, -0.2) is 0 Å². The summed E-state index contributed by atoms with van der Waals surface area (Å²) in [7, 11) is 0. The Hall–Kier alpha value is -2.25. The molecule has 3 aliphatic carbocycles. The fourth-order valence-corrected chi connectivity index (χ4v) is 6.23. The Morgan fingerprint density at radius 1 is 1.13 bits per heavy atom. The van der Waals surface area contributed by atoms with Gasteiger partial charge in [-0.15, -0.1) is 0 Å². The van der Waals surface area contributed by atoms with Gasteiger partial charge in [-0.05, 0) is 54.7 Å². The highest BCUT2D eigenvalue weighted by Gasteiger charge is 2.46. The topological polar surface area (TPSA) is 105 Å². The van der Waals surface area contributed by atoms with Crippen LogP contribution in [0.1, 0.15) is 66.4 Å². The zero-order valence-electron chi connectivity index (χ0n) is 17.3. The second-order valence-corrected chi connectivity index (χ2v) is 9.48. The normalized spacial score (nSPS) is 33.0. The van der Waals surface area contributed by atoms with Gasteiger partial charge in [0.1, 0.15) is 6.04 Å². The molecule has 2 atom stereocenters. The monoisotopic (exact) mass is 410 g/mol. The van der Waals surface area contributed by atoms with Crippen LogP contribution >= 0.6 is 0 Å². The van der Waals surface area contributed by atoms with Crippen molar-refractivity contribution in [1.29, 1.82) is 0 Å². The fraction of sp³-hybridized carbons (Fsp3) is 0.609. The molecule has 2 aliphatic heterocycles. The lowest BCUT2D eigenvalue weighted by molar-refractivity contribution is -0.136. The molecule has 7 nitrogen and oxygen atoms in total. The van der Waals surface area contributed by atoms with Crippen LogP contribution in [0.15, 0.2) is 18.2 Å². The Bertz CT molecular complexity index is 892. The van der Waals surface area contributed by atoms with Gasteiger partial charge in [-0.1, -0.05) is 25.0 Å². The van der Waals surface area contributed by atoms with E-state index in [4.69, 9.17) is 5.73 Å². The van der Waals surface area contributed by atoms with E-state index in [1.165, 1.54) is 25.7 Å². The molecule has 30 heavy (non-hydrogen) atoms. The molecule has 1 saturated heterocycles. The summed E-state index contributed by atoms with van der Waals surface area (Å²) in [4.78, 5) is 38.4. The van der Waals surface area contributed by atoms with Gasteiger partial charge < -0.3 is 16.0 Å². The average molecular weight is 411 g/mol. The molecule has 1 aromatic carbocycles. The second kappa shape index (κ2) is 7.46. The lowest BCUT2D eigenvalue weighted by Crippen LogP contribution is -2.61. The molecule has 4 N–H and O–H groups in total. The number of imide groups is 1. The van der Waals surface area contributed by atoms with Crippen LogP contribution in [0.5, 0.6) is 0 Å². The third-order valence-electron chi connectivity index (χ3n) is 7.96. The van der Waals surface area contributed by atoms with E-state index < -0.39 is 6.04 Å². The van der Waals surface area contributed by atoms with E-state index in [-0.39, 0.29) is 29.7 Å². The Balaban J connectivity index is 1.34. The van der Waals surface area contributed by atoms with Gasteiger partial charge in [0.2, 0.25) is 11.8 Å². The first-order valence-corrected chi connectivity index (χ1v) is 11.2. The Morgan fingerprint density at radius 3 is 2.60 bits per heavy atom. The van der Waals surface area contributed by atoms with Gasteiger partial charge in [0, 0.05) is 37.2 Å². The number of carbonyl (C=O) groups is 3. The van der Waals surface area contributed by atoms with Crippen molar-refractivity contribution in [3.8, 4) is 0 Å². The van der Waals surface area contributed by atoms with Crippen LogP contribution in [-0.4, -0.2) is 40.7 Å². The molecule has 7 heteroatoms. The van der Waals surface area contributed by atoms with Crippen molar-refractivity contribution in [3.05, 3.63) is 34.9 Å². The number of piperidine rings is 1. The van der Waals surface area contributed by atoms with Crippen molar-refractivity contribution < 1.29 is 14.4 Å². The van der Waals surface area contributed by atoms with E-state index in [9.17, 15) is 14.4 Å². The van der Waals surface area contributed by atoms with Crippen LogP contribution in [-0.2, 0) is 22.7 Å². The van der Waals surface area contributed by atoms with Gasteiger partial charge in [-0.3, -0.25) is 19.7 Å². The molecule has 5 aliphatic rings. The number of nitrogens with one attached hydrogen (secondary N) is 2. The minimum Gasteiger partial charge on any atom is -0.329 e. The highest BCUT2D eigenvalue weighted by atomic mass is 16.2. The molecule has 3 saturated carbocycles. The second-order valence-electron chi connectivity index (χ2n) is 9.48. The van der Waals surface area contributed by atoms with Crippen molar-refractivity contribution in [1.82, 2.24) is 15.5 Å². The molecule has 6 rings (SSSR count). The summed E-state index contributed by atoms with van der Waals surface area (Å²) in [6, 6.07) is 5.25. The number of rotatable bonds is 5. The van der Waals surface area contributed by atoms with Crippen LogP contribution in [0, 0.1) is 11.8 Å². The fourth-order valence-electron chi connectivity index (χ4n) is 6.23. The third-order valence-corrected chi connectivity index (χ3v) is 7.96. The summed E-state index contributed by atoms with van der Waals surface area (Å²) in [6.07, 6.45) is 6.95. The molecule has 3 amide bonds. The van der Waals surface area contributed by atoms with Gasteiger partial charge in [0.05, 0.1) is 0 Å². The predicted molar refractivity (Wildman–Crippen MR) is 111 cm³/mol. The summed E-state index contributed by atoms with van der Waals surface area (Å²) in [5, 5.41) is 6.17. The summed E-state index contributed by atoms with van der Waals surface area (Å²) >= 11 is 0. The lowest BCUT2D eigenvalue weighted by Gasteiger charge is -2.52. The zero-order valence-corrected chi connectivity index (χ0v) is 17.3.